The number of likely N-dealkylation sites (N-methyl/N-ethyl adjacent to an activating group) is 1. The minimum absolute atomic E-state index is 0.117. The third-order valence-corrected chi connectivity index (χ3v) is 6.25. The molecule has 1 aliphatic heterocycles. The van der Waals surface area contributed by atoms with Crippen molar-refractivity contribution >= 4 is 11.8 Å². The lowest BCUT2D eigenvalue weighted by Crippen LogP contribution is -2.42. The molecule has 0 bridgehead atoms. The maximum Gasteiger partial charge on any atom is 0.273 e. The van der Waals surface area contributed by atoms with Gasteiger partial charge in [0.05, 0.1) is 18.2 Å². The number of nitrogens with one attached hydrogen (secondary N) is 1. The number of hydrogen-bond donors (Lipinski definition) is 1. The highest BCUT2D eigenvalue weighted by Crippen LogP contribution is 2.30. The highest BCUT2D eigenvalue weighted by molar-refractivity contribution is 5.91. The first-order valence-electron chi connectivity index (χ1n) is 11.8. The lowest BCUT2D eigenvalue weighted by molar-refractivity contribution is -0.133. The van der Waals surface area contributed by atoms with Gasteiger partial charge in [0, 0.05) is 26.2 Å². The van der Waals surface area contributed by atoms with Crippen LogP contribution < -0.4 is 5.32 Å². The number of nitrogens with zero attached hydrogens (tertiary/aromatic N) is 5. The third kappa shape index (κ3) is 5.69. The minimum Gasteiger partial charge on any atom is -0.349 e. The summed E-state index contributed by atoms with van der Waals surface area (Å²) in [5, 5.41) is 11.1. The van der Waals surface area contributed by atoms with Crippen LogP contribution in [0, 0.1) is 0 Å². The molecule has 2 heterocycles. The zero-order valence-electron chi connectivity index (χ0n) is 19.8. The molecule has 0 aliphatic carbocycles. The molecule has 34 heavy (non-hydrogen) atoms. The summed E-state index contributed by atoms with van der Waals surface area (Å²) in [4.78, 5) is 29.9. The number of likely N-dealkylation sites (tertiary alicyclic amines) is 1. The van der Waals surface area contributed by atoms with Crippen molar-refractivity contribution in [3.8, 4) is 0 Å². The molecular formula is C26H32N6O2. The van der Waals surface area contributed by atoms with Crippen molar-refractivity contribution < 1.29 is 9.59 Å². The molecule has 2 amide bonds. The molecule has 0 atom stereocenters. The first-order valence-corrected chi connectivity index (χ1v) is 11.8. The third-order valence-electron chi connectivity index (χ3n) is 6.25. The van der Waals surface area contributed by atoms with Crippen LogP contribution in [-0.4, -0.2) is 76.9 Å². The molecule has 1 aromatic heterocycles. The summed E-state index contributed by atoms with van der Waals surface area (Å²) in [6.07, 6.45) is 3.25. The van der Waals surface area contributed by atoms with Gasteiger partial charge in [-0.1, -0.05) is 65.9 Å². The molecule has 4 rings (SSSR count). The van der Waals surface area contributed by atoms with Crippen LogP contribution in [-0.2, 0) is 4.79 Å². The van der Waals surface area contributed by atoms with E-state index in [-0.39, 0.29) is 23.8 Å². The number of carbonyl (C=O) groups is 2. The van der Waals surface area contributed by atoms with Gasteiger partial charge in [-0.2, -0.15) is 0 Å². The summed E-state index contributed by atoms with van der Waals surface area (Å²) < 4.78 is 1.77. The van der Waals surface area contributed by atoms with Crippen LogP contribution in [0.4, 0.5) is 0 Å². The van der Waals surface area contributed by atoms with E-state index in [4.69, 9.17) is 0 Å². The molecule has 1 aliphatic rings. The van der Waals surface area contributed by atoms with Crippen molar-refractivity contribution in [2.24, 2.45) is 0 Å². The molecule has 1 fully saturated rings. The molecule has 8 heteroatoms. The predicted octanol–water partition coefficient (Wildman–Crippen LogP) is 2.57. The van der Waals surface area contributed by atoms with Crippen LogP contribution in [0.15, 0.2) is 66.9 Å². The van der Waals surface area contributed by atoms with Gasteiger partial charge in [0.25, 0.3) is 5.91 Å². The van der Waals surface area contributed by atoms with Gasteiger partial charge in [-0.25, -0.2) is 4.68 Å². The van der Waals surface area contributed by atoms with Crippen LogP contribution >= 0.6 is 0 Å². The standard InChI is InChI=1S/C26H32N6O2/c1-30(2)18-15-27-25(33)23-19-32(29-28-23)22-13-16-31(17-14-22)26(34)24(20-9-5-3-6-10-20)21-11-7-4-8-12-21/h3-12,19,22,24H,13-18H2,1-2H3,(H,27,33). The van der Waals surface area contributed by atoms with Gasteiger partial charge in [-0.15, -0.1) is 5.10 Å². The topological polar surface area (TPSA) is 83.4 Å². The quantitative estimate of drug-likeness (QED) is 0.559. The van der Waals surface area contributed by atoms with Crippen molar-refractivity contribution in [2.75, 3.05) is 40.3 Å². The zero-order chi connectivity index (χ0) is 23.9. The smallest absolute Gasteiger partial charge is 0.273 e. The fourth-order valence-corrected chi connectivity index (χ4v) is 4.34. The molecule has 0 unspecified atom stereocenters. The Hall–Kier alpha value is -3.52. The van der Waals surface area contributed by atoms with Crippen molar-refractivity contribution in [2.45, 2.75) is 24.8 Å². The van der Waals surface area contributed by atoms with E-state index in [1.54, 1.807) is 10.9 Å². The average Bonchev–Trinajstić information content (AvgIpc) is 3.36. The largest absolute Gasteiger partial charge is 0.349 e. The first-order chi connectivity index (χ1) is 16.5. The first kappa shape index (κ1) is 23.6. The van der Waals surface area contributed by atoms with Crippen LogP contribution in [0.1, 0.15) is 46.4 Å². The summed E-state index contributed by atoms with van der Waals surface area (Å²) in [5.74, 6) is -0.410. The average molecular weight is 461 g/mol. The normalized spacial score (nSPS) is 14.5. The molecule has 0 saturated carbocycles. The summed E-state index contributed by atoms with van der Waals surface area (Å²) in [6, 6.07) is 20.0. The van der Waals surface area contributed by atoms with Gasteiger partial charge in [0.15, 0.2) is 5.69 Å². The van der Waals surface area contributed by atoms with Crippen LogP contribution in [0.3, 0.4) is 0 Å². The van der Waals surface area contributed by atoms with Gasteiger partial charge in [-0.3, -0.25) is 9.59 Å². The van der Waals surface area contributed by atoms with E-state index in [9.17, 15) is 9.59 Å². The Morgan fingerprint density at radius 2 is 1.59 bits per heavy atom. The van der Waals surface area contributed by atoms with Gasteiger partial charge < -0.3 is 15.1 Å². The van der Waals surface area contributed by atoms with E-state index < -0.39 is 0 Å². The number of aromatic nitrogens is 3. The lowest BCUT2D eigenvalue weighted by atomic mass is 9.89. The Bertz CT molecular complexity index is 1040. The number of piperidine rings is 1. The maximum absolute atomic E-state index is 13.6. The molecule has 1 saturated heterocycles. The number of amides is 2. The Labute approximate surface area is 200 Å². The predicted molar refractivity (Wildman–Crippen MR) is 130 cm³/mol. The summed E-state index contributed by atoms with van der Waals surface area (Å²) in [6.45, 7) is 2.61. The second-order valence-electron chi connectivity index (χ2n) is 8.95. The minimum atomic E-state index is -0.317. The summed E-state index contributed by atoms with van der Waals surface area (Å²) >= 11 is 0. The Morgan fingerprint density at radius 3 is 2.15 bits per heavy atom. The zero-order valence-corrected chi connectivity index (χ0v) is 19.8. The number of hydrogen-bond acceptors (Lipinski definition) is 5. The van der Waals surface area contributed by atoms with Gasteiger partial charge >= 0.3 is 0 Å². The van der Waals surface area contributed by atoms with E-state index in [2.05, 4.69) is 15.6 Å². The second kappa shape index (κ2) is 11.1. The number of rotatable bonds is 8. The fourth-order valence-electron chi connectivity index (χ4n) is 4.34. The van der Waals surface area contributed by atoms with Crippen LogP contribution in [0.5, 0.6) is 0 Å². The molecule has 0 radical (unpaired) electrons. The van der Waals surface area contributed by atoms with Crippen molar-refractivity contribution in [1.29, 1.82) is 0 Å². The molecule has 2 aromatic carbocycles. The van der Waals surface area contributed by atoms with Crippen LogP contribution in [0.25, 0.3) is 0 Å². The van der Waals surface area contributed by atoms with Gasteiger partial charge in [0.1, 0.15) is 0 Å². The molecule has 8 nitrogen and oxygen atoms in total. The SMILES string of the molecule is CN(C)CCNC(=O)c1cn(C2CCN(C(=O)C(c3ccccc3)c3ccccc3)CC2)nn1. The summed E-state index contributed by atoms with van der Waals surface area (Å²) in [7, 11) is 3.92. The van der Waals surface area contributed by atoms with E-state index in [1.807, 2.05) is 84.6 Å². The molecule has 178 valence electrons. The van der Waals surface area contributed by atoms with Crippen molar-refractivity contribution in [3.63, 3.8) is 0 Å². The maximum atomic E-state index is 13.6. The number of benzene rings is 2. The lowest BCUT2D eigenvalue weighted by Gasteiger charge is -2.34. The van der Waals surface area contributed by atoms with Gasteiger partial charge in [-0.05, 0) is 38.1 Å². The van der Waals surface area contributed by atoms with Crippen molar-refractivity contribution in [3.05, 3.63) is 83.7 Å². The summed E-state index contributed by atoms with van der Waals surface area (Å²) in [5.41, 5.74) is 2.33. The van der Waals surface area contributed by atoms with E-state index >= 15 is 0 Å². The van der Waals surface area contributed by atoms with Gasteiger partial charge in [0.2, 0.25) is 5.91 Å². The van der Waals surface area contributed by atoms with Crippen molar-refractivity contribution in [1.82, 2.24) is 30.1 Å². The highest BCUT2D eigenvalue weighted by atomic mass is 16.2. The fraction of sp³-hybridized carbons (Fsp3) is 0.385. The molecule has 3 aromatic rings. The monoisotopic (exact) mass is 460 g/mol. The van der Waals surface area contributed by atoms with E-state index in [0.717, 1.165) is 30.5 Å². The number of carbonyl (C=O) groups excluding carboxylic acids is 2. The Balaban J connectivity index is 1.39. The molecule has 0 spiro atoms. The Morgan fingerprint density at radius 1 is 1.00 bits per heavy atom. The Kier molecular flexibility index (Phi) is 7.69. The second-order valence-corrected chi connectivity index (χ2v) is 8.95. The molecule has 1 N–H and O–H groups in total. The molecular weight excluding hydrogens is 428 g/mol. The van der Waals surface area contributed by atoms with Crippen LogP contribution in [0.2, 0.25) is 0 Å². The van der Waals surface area contributed by atoms with E-state index in [1.165, 1.54) is 0 Å². The highest BCUT2D eigenvalue weighted by Gasteiger charge is 2.31. The van der Waals surface area contributed by atoms with E-state index in [0.29, 0.717) is 25.3 Å².